The molecule has 0 unspecified atom stereocenters. The Bertz CT molecular complexity index is 698. The fourth-order valence-corrected chi connectivity index (χ4v) is 2.29. The molecule has 0 bridgehead atoms. The number of carbonyl (C=O) groups is 2. The van der Waals surface area contributed by atoms with Gasteiger partial charge in [0, 0.05) is 6.54 Å². The average Bonchev–Trinajstić information content (AvgIpc) is 2.56. The Kier molecular flexibility index (Phi) is 5.84. The molecular formula is C16H14Cl2N2O3. The molecule has 2 N–H and O–H groups in total. The normalized spacial score (nSPS) is 10.0. The van der Waals surface area contributed by atoms with E-state index in [1.807, 2.05) is 0 Å². The van der Waals surface area contributed by atoms with Gasteiger partial charge in [-0.05, 0) is 29.8 Å². The van der Waals surface area contributed by atoms with Crippen molar-refractivity contribution in [2.75, 3.05) is 12.4 Å². The highest BCUT2D eigenvalue weighted by Gasteiger charge is 2.16. The third-order valence-electron chi connectivity index (χ3n) is 3.02. The summed E-state index contributed by atoms with van der Waals surface area (Å²) >= 11 is 11.9. The van der Waals surface area contributed by atoms with Crippen LogP contribution < -0.4 is 15.4 Å². The number of rotatable bonds is 4. The molecule has 2 rings (SSSR count). The molecule has 0 saturated heterocycles. The van der Waals surface area contributed by atoms with Crippen molar-refractivity contribution in [1.82, 2.24) is 5.32 Å². The Balaban J connectivity index is 1.93. The number of anilines is 1. The van der Waals surface area contributed by atoms with E-state index in [9.17, 15) is 9.59 Å². The monoisotopic (exact) mass is 352 g/mol. The largest absolute Gasteiger partial charge is 0.497 e. The van der Waals surface area contributed by atoms with Gasteiger partial charge in [-0.1, -0.05) is 41.4 Å². The highest BCUT2D eigenvalue weighted by atomic mass is 35.5. The second kappa shape index (κ2) is 7.85. The third kappa shape index (κ3) is 4.61. The van der Waals surface area contributed by atoms with Crippen molar-refractivity contribution < 1.29 is 14.3 Å². The molecule has 2 aromatic rings. The molecule has 0 aliphatic heterocycles. The van der Waals surface area contributed by atoms with E-state index in [1.54, 1.807) is 49.6 Å². The first kappa shape index (κ1) is 17.1. The van der Waals surface area contributed by atoms with E-state index in [-0.39, 0.29) is 22.3 Å². The predicted molar refractivity (Wildman–Crippen MR) is 89.9 cm³/mol. The lowest BCUT2D eigenvalue weighted by Gasteiger charge is -2.09. The second-order valence-electron chi connectivity index (χ2n) is 4.58. The van der Waals surface area contributed by atoms with Gasteiger partial charge in [0.1, 0.15) is 5.75 Å². The fourth-order valence-electron chi connectivity index (χ4n) is 1.79. The van der Waals surface area contributed by atoms with Crippen LogP contribution in [-0.4, -0.2) is 18.9 Å². The van der Waals surface area contributed by atoms with Crippen LogP contribution in [0.25, 0.3) is 0 Å². The van der Waals surface area contributed by atoms with Crippen molar-refractivity contribution in [1.29, 1.82) is 0 Å². The van der Waals surface area contributed by atoms with Crippen LogP contribution in [0.3, 0.4) is 0 Å². The fraction of sp³-hybridized carbons (Fsp3) is 0.125. The summed E-state index contributed by atoms with van der Waals surface area (Å²) in [5.74, 6) is -0.906. The smallest absolute Gasteiger partial charge is 0.313 e. The van der Waals surface area contributed by atoms with Crippen molar-refractivity contribution >= 4 is 40.7 Å². The van der Waals surface area contributed by atoms with Crippen LogP contribution in [0, 0.1) is 0 Å². The van der Waals surface area contributed by atoms with Gasteiger partial charge < -0.3 is 15.4 Å². The number of hydrogen-bond donors (Lipinski definition) is 2. The zero-order valence-electron chi connectivity index (χ0n) is 12.2. The minimum absolute atomic E-state index is 0.209. The van der Waals surface area contributed by atoms with Crippen molar-refractivity contribution in [3.8, 4) is 5.75 Å². The third-order valence-corrected chi connectivity index (χ3v) is 3.65. The summed E-state index contributed by atoms with van der Waals surface area (Å²) in [5.41, 5.74) is 1.04. The molecule has 0 saturated carbocycles. The highest BCUT2D eigenvalue weighted by molar-refractivity contribution is 6.44. The number of para-hydroxylation sites is 1. The molecule has 7 heteroatoms. The summed E-state index contributed by atoms with van der Waals surface area (Å²) in [6.45, 7) is 0.215. The van der Waals surface area contributed by atoms with Gasteiger partial charge in [0.2, 0.25) is 0 Å². The lowest BCUT2D eigenvalue weighted by molar-refractivity contribution is -0.136. The number of amides is 2. The maximum Gasteiger partial charge on any atom is 0.313 e. The maximum atomic E-state index is 11.9. The first-order valence-electron chi connectivity index (χ1n) is 6.67. The standard InChI is InChI=1S/C16H14Cl2N2O3/c1-23-11-7-5-10(6-8-11)9-19-15(21)16(22)20-14-12(17)3-2-4-13(14)18/h2-8H,9H2,1H3,(H,19,21)(H,20,22). The Hall–Kier alpha value is -2.24. The van der Waals surface area contributed by atoms with Gasteiger partial charge in [-0.15, -0.1) is 0 Å². The summed E-state index contributed by atoms with van der Waals surface area (Å²) < 4.78 is 5.05. The van der Waals surface area contributed by atoms with Gasteiger partial charge in [-0.3, -0.25) is 9.59 Å². The lowest BCUT2D eigenvalue weighted by Crippen LogP contribution is -2.35. The van der Waals surface area contributed by atoms with E-state index in [2.05, 4.69) is 10.6 Å². The van der Waals surface area contributed by atoms with E-state index in [0.717, 1.165) is 5.56 Å². The van der Waals surface area contributed by atoms with Crippen LogP contribution in [0.2, 0.25) is 10.0 Å². The van der Waals surface area contributed by atoms with Crippen LogP contribution >= 0.6 is 23.2 Å². The summed E-state index contributed by atoms with van der Waals surface area (Å²) in [4.78, 5) is 23.7. The van der Waals surface area contributed by atoms with E-state index in [4.69, 9.17) is 27.9 Å². The Morgan fingerprint density at radius 3 is 2.17 bits per heavy atom. The maximum absolute atomic E-state index is 11.9. The SMILES string of the molecule is COc1ccc(CNC(=O)C(=O)Nc2c(Cl)cccc2Cl)cc1. The van der Waals surface area contributed by atoms with Crippen molar-refractivity contribution in [3.05, 3.63) is 58.1 Å². The van der Waals surface area contributed by atoms with Crippen molar-refractivity contribution in [2.24, 2.45) is 0 Å². The summed E-state index contributed by atoms with van der Waals surface area (Å²) in [6, 6.07) is 11.9. The van der Waals surface area contributed by atoms with Crippen molar-refractivity contribution in [2.45, 2.75) is 6.54 Å². The Morgan fingerprint density at radius 1 is 1.00 bits per heavy atom. The molecule has 0 heterocycles. The molecule has 0 fully saturated rings. The van der Waals surface area contributed by atoms with Crippen LogP contribution in [0.5, 0.6) is 5.75 Å². The molecule has 2 amide bonds. The molecule has 0 aliphatic rings. The number of hydrogen-bond acceptors (Lipinski definition) is 3. The van der Waals surface area contributed by atoms with Crippen LogP contribution in [0.1, 0.15) is 5.56 Å². The van der Waals surface area contributed by atoms with E-state index >= 15 is 0 Å². The minimum atomic E-state index is -0.839. The van der Waals surface area contributed by atoms with Gasteiger partial charge in [0.05, 0.1) is 22.8 Å². The topological polar surface area (TPSA) is 67.4 Å². The van der Waals surface area contributed by atoms with Crippen LogP contribution in [-0.2, 0) is 16.1 Å². The molecule has 23 heavy (non-hydrogen) atoms. The molecule has 0 radical (unpaired) electrons. The molecular weight excluding hydrogens is 339 g/mol. The molecule has 0 aromatic heterocycles. The first-order valence-corrected chi connectivity index (χ1v) is 7.43. The van der Waals surface area contributed by atoms with Crippen molar-refractivity contribution in [3.63, 3.8) is 0 Å². The summed E-state index contributed by atoms with van der Waals surface area (Å²) in [6.07, 6.45) is 0. The molecule has 0 atom stereocenters. The summed E-state index contributed by atoms with van der Waals surface area (Å²) in [7, 11) is 1.57. The quantitative estimate of drug-likeness (QED) is 0.830. The number of ether oxygens (including phenoxy) is 1. The average molecular weight is 353 g/mol. The lowest BCUT2D eigenvalue weighted by atomic mass is 10.2. The van der Waals surface area contributed by atoms with Gasteiger partial charge in [-0.25, -0.2) is 0 Å². The second-order valence-corrected chi connectivity index (χ2v) is 5.40. The van der Waals surface area contributed by atoms with Gasteiger partial charge in [0.15, 0.2) is 0 Å². The molecule has 120 valence electrons. The zero-order chi connectivity index (χ0) is 16.8. The van der Waals surface area contributed by atoms with Gasteiger partial charge in [-0.2, -0.15) is 0 Å². The van der Waals surface area contributed by atoms with E-state index < -0.39 is 11.8 Å². The van der Waals surface area contributed by atoms with Crippen LogP contribution in [0.15, 0.2) is 42.5 Å². The van der Waals surface area contributed by atoms with E-state index in [1.165, 1.54) is 0 Å². The van der Waals surface area contributed by atoms with Gasteiger partial charge >= 0.3 is 11.8 Å². The molecule has 0 aliphatic carbocycles. The molecule has 2 aromatic carbocycles. The van der Waals surface area contributed by atoms with E-state index in [0.29, 0.717) is 5.75 Å². The zero-order valence-corrected chi connectivity index (χ0v) is 13.7. The Morgan fingerprint density at radius 2 is 1.61 bits per heavy atom. The van der Waals surface area contributed by atoms with Gasteiger partial charge in [0.25, 0.3) is 0 Å². The number of methoxy groups -OCH3 is 1. The summed E-state index contributed by atoms with van der Waals surface area (Å²) in [5, 5.41) is 5.43. The predicted octanol–water partition coefficient (Wildman–Crippen LogP) is 3.26. The molecule has 0 spiro atoms. The first-order chi connectivity index (χ1) is 11.0. The number of benzene rings is 2. The number of nitrogens with one attached hydrogen (secondary N) is 2. The minimum Gasteiger partial charge on any atom is -0.497 e. The Labute approximate surface area is 143 Å². The number of halogens is 2. The molecule has 5 nitrogen and oxygen atoms in total. The van der Waals surface area contributed by atoms with Crippen LogP contribution in [0.4, 0.5) is 5.69 Å². The highest BCUT2D eigenvalue weighted by Crippen LogP contribution is 2.29. The number of carbonyl (C=O) groups excluding carboxylic acids is 2.